The summed E-state index contributed by atoms with van der Waals surface area (Å²) in [4.78, 5) is 36.1. The van der Waals surface area contributed by atoms with Crippen molar-refractivity contribution in [3.8, 4) is 0 Å². The number of benzene rings is 1. The lowest BCUT2D eigenvalue weighted by Crippen LogP contribution is -2.20. The fourth-order valence-corrected chi connectivity index (χ4v) is 2.63. The van der Waals surface area contributed by atoms with Gasteiger partial charge in [-0.2, -0.15) is 0 Å². The average Bonchev–Trinajstić information content (AvgIpc) is 3.02. The van der Waals surface area contributed by atoms with Crippen molar-refractivity contribution in [1.82, 2.24) is 4.40 Å². The third-order valence-electron chi connectivity index (χ3n) is 3.93. The molecule has 0 aliphatic rings. The van der Waals surface area contributed by atoms with Crippen LogP contribution in [0.3, 0.4) is 0 Å². The van der Waals surface area contributed by atoms with Gasteiger partial charge >= 0.3 is 5.97 Å². The van der Waals surface area contributed by atoms with E-state index in [4.69, 9.17) is 4.74 Å². The van der Waals surface area contributed by atoms with Crippen molar-refractivity contribution in [2.75, 3.05) is 11.9 Å². The number of anilines is 1. The van der Waals surface area contributed by atoms with Crippen molar-refractivity contribution in [3.05, 3.63) is 71.5 Å². The molecule has 0 radical (unpaired) electrons. The zero-order valence-corrected chi connectivity index (χ0v) is 14.5. The van der Waals surface area contributed by atoms with Crippen LogP contribution >= 0.6 is 0 Å². The Labute approximate surface area is 150 Å². The largest absolute Gasteiger partial charge is 0.452 e. The fourth-order valence-electron chi connectivity index (χ4n) is 2.63. The number of carbonyl (C=O) groups excluding carboxylic acids is 3. The van der Waals surface area contributed by atoms with Crippen molar-refractivity contribution in [3.63, 3.8) is 0 Å². The molecule has 0 aliphatic heterocycles. The molecule has 0 saturated heterocycles. The molecular weight excluding hydrogens is 332 g/mol. The molecule has 2 heterocycles. The molecule has 132 valence electrons. The topological polar surface area (TPSA) is 76.9 Å². The van der Waals surface area contributed by atoms with Gasteiger partial charge in [-0.15, -0.1) is 0 Å². The molecule has 1 amide bonds. The van der Waals surface area contributed by atoms with Crippen molar-refractivity contribution in [2.45, 2.75) is 13.8 Å². The van der Waals surface area contributed by atoms with Gasteiger partial charge in [-0.1, -0.05) is 23.8 Å². The lowest BCUT2D eigenvalue weighted by Gasteiger charge is -2.06. The van der Waals surface area contributed by atoms with Gasteiger partial charge in [0.05, 0.1) is 16.8 Å². The number of ketones is 1. The minimum atomic E-state index is -0.653. The number of esters is 1. The number of hydrogen-bond acceptors (Lipinski definition) is 4. The van der Waals surface area contributed by atoms with Gasteiger partial charge in [0.1, 0.15) is 0 Å². The average molecular weight is 350 g/mol. The van der Waals surface area contributed by atoms with Crippen LogP contribution in [-0.2, 0) is 9.53 Å². The number of amides is 1. The Morgan fingerprint density at radius 3 is 2.50 bits per heavy atom. The lowest BCUT2D eigenvalue weighted by atomic mass is 10.2. The van der Waals surface area contributed by atoms with Crippen molar-refractivity contribution < 1.29 is 19.1 Å². The summed E-state index contributed by atoms with van der Waals surface area (Å²) in [6.45, 7) is 2.97. The van der Waals surface area contributed by atoms with Gasteiger partial charge < -0.3 is 14.5 Å². The first kappa shape index (κ1) is 17.4. The Kier molecular flexibility index (Phi) is 4.84. The van der Waals surface area contributed by atoms with Crippen LogP contribution in [0, 0.1) is 6.92 Å². The van der Waals surface area contributed by atoms with Gasteiger partial charge in [-0.3, -0.25) is 9.59 Å². The molecule has 0 saturated carbocycles. The maximum Gasteiger partial charge on any atom is 0.340 e. The van der Waals surface area contributed by atoms with Gasteiger partial charge in [0.2, 0.25) is 0 Å². The number of aromatic nitrogens is 1. The third-order valence-corrected chi connectivity index (χ3v) is 3.93. The number of ether oxygens (including phenoxy) is 1. The second-order valence-electron chi connectivity index (χ2n) is 5.95. The number of Topliss-reactive ketones (excluding diaryl/α,β-unsaturated/α-hetero) is 1. The first-order chi connectivity index (χ1) is 12.5. The van der Waals surface area contributed by atoms with Crippen LogP contribution in [0.2, 0.25) is 0 Å². The Balaban J connectivity index is 1.70. The van der Waals surface area contributed by atoms with Crippen molar-refractivity contribution in [1.29, 1.82) is 0 Å². The van der Waals surface area contributed by atoms with Gasteiger partial charge in [0.15, 0.2) is 12.4 Å². The van der Waals surface area contributed by atoms with E-state index in [9.17, 15) is 14.4 Å². The Morgan fingerprint density at radius 2 is 1.81 bits per heavy atom. The maximum absolute atomic E-state index is 12.4. The summed E-state index contributed by atoms with van der Waals surface area (Å²) >= 11 is 0. The summed E-state index contributed by atoms with van der Waals surface area (Å²) in [5.41, 5.74) is 2.90. The minimum absolute atomic E-state index is 0.164. The van der Waals surface area contributed by atoms with E-state index in [0.29, 0.717) is 16.9 Å². The second kappa shape index (κ2) is 7.23. The molecular formula is C20H18N2O4. The van der Waals surface area contributed by atoms with E-state index in [-0.39, 0.29) is 11.3 Å². The standard InChI is InChI=1S/C20H18N2O4/c1-13-6-8-15(9-7-13)21-19(24)12-26-20(25)16-11-18(14(2)23)22-10-4-3-5-17(16)22/h3-11H,12H2,1-2H3,(H,21,24). The highest BCUT2D eigenvalue weighted by atomic mass is 16.5. The van der Waals surface area contributed by atoms with Crippen LogP contribution in [0.1, 0.15) is 33.3 Å². The molecule has 0 bridgehead atoms. The van der Waals surface area contributed by atoms with Crippen LogP contribution in [0.4, 0.5) is 5.69 Å². The molecule has 6 heteroatoms. The highest BCUT2D eigenvalue weighted by Gasteiger charge is 2.19. The number of hydrogen-bond donors (Lipinski definition) is 1. The van der Waals surface area contributed by atoms with Crippen LogP contribution in [0.25, 0.3) is 5.52 Å². The third kappa shape index (κ3) is 3.64. The van der Waals surface area contributed by atoms with E-state index in [0.717, 1.165) is 5.56 Å². The zero-order valence-electron chi connectivity index (χ0n) is 14.5. The molecule has 0 spiro atoms. The molecule has 26 heavy (non-hydrogen) atoms. The zero-order chi connectivity index (χ0) is 18.7. The first-order valence-electron chi connectivity index (χ1n) is 8.10. The fraction of sp³-hybridized carbons (Fsp3) is 0.150. The van der Waals surface area contributed by atoms with Crippen LogP contribution in [-0.4, -0.2) is 28.7 Å². The molecule has 0 fully saturated rings. The van der Waals surface area contributed by atoms with Crippen LogP contribution in [0.15, 0.2) is 54.7 Å². The summed E-state index contributed by atoms with van der Waals surface area (Å²) in [7, 11) is 0. The first-order valence-corrected chi connectivity index (χ1v) is 8.10. The molecule has 0 aliphatic carbocycles. The predicted molar refractivity (Wildman–Crippen MR) is 97.5 cm³/mol. The summed E-state index contributed by atoms with van der Waals surface area (Å²) in [6, 6.07) is 14.0. The van der Waals surface area contributed by atoms with E-state index < -0.39 is 18.5 Å². The monoisotopic (exact) mass is 350 g/mol. The second-order valence-corrected chi connectivity index (χ2v) is 5.95. The smallest absolute Gasteiger partial charge is 0.340 e. The van der Waals surface area contributed by atoms with E-state index in [1.54, 1.807) is 40.9 Å². The SMILES string of the molecule is CC(=O)c1cc(C(=O)OCC(=O)Nc2ccc(C)cc2)c2ccccn12. The number of aryl methyl sites for hydroxylation is 1. The Hall–Kier alpha value is -3.41. The number of fused-ring (bicyclic) bond motifs is 1. The number of nitrogens with one attached hydrogen (secondary N) is 1. The summed E-state index contributed by atoms with van der Waals surface area (Å²) in [5.74, 6) is -1.25. The predicted octanol–water partition coefficient (Wildman–Crippen LogP) is 3.25. The molecule has 1 aromatic carbocycles. The molecule has 0 unspecified atom stereocenters. The lowest BCUT2D eigenvalue weighted by molar-refractivity contribution is -0.119. The van der Waals surface area contributed by atoms with E-state index in [2.05, 4.69) is 5.32 Å². The summed E-state index contributed by atoms with van der Waals surface area (Å²) < 4.78 is 6.74. The Bertz CT molecular complexity index is 987. The number of carbonyl (C=O) groups is 3. The normalized spacial score (nSPS) is 10.5. The van der Waals surface area contributed by atoms with Crippen molar-refractivity contribution in [2.24, 2.45) is 0 Å². The van der Waals surface area contributed by atoms with Gasteiger partial charge in [-0.25, -0.2) is 4.79 Å². The summed E-state index contributed by atoms with van der Waals surface area (Å²) in [6.07, 6.45) is 1.70. The van der Waals surface area contributed by atoms with E-state index in [1.807, 2.05) is 19.1 Å². The highest BCUT2D eigenvalue weighted by molar-refractivity contribution is 6.04. The van der Waals surface area contributed by atoms with Gasteiger partial charge in [-0.05, 0) is 37.3 Å². The van der Waals surface area contributed by atoms with E-state index >= 15 is 0 Å². The van der Waals surface area contributed by atoms with Gasteiger partial charge in [0.25, 0.3) is 5.91 Å². The molecule has 3 rings (SSSR count). The van der Waals surface area contributed by atoms with Crippen LogP contribution < -0.4 is 5.32 Å². The number of pyridine rings is 1. The van der Waals surface area contributed by atoms with Gasteiger partial charge in [0, 0.05) is 18.8 Å². The molecule has 0 atom stereocenters. The molecule has 6 nitrogen and oxygen atoms in total. The molecule has 1 N–H and O–H groups in total. The number of rotatable bonds is 5. The molecule has 3 aromatic rings. The molecule has 2 aromatic heterocycles. The number of nitrogens with zero attached hydrogens (tertiary/aromatic N) is 1. The minimum Gasteiger partial charge on any atom is -0.452 e. The van der Waals surface area contributed by atoms with Crippen molar-refractivity contribution >= 4 is 28.9 Å². The highest BCUT2D eigenvalue weighted by Crippen LogP contribution is 2.18. The van der Waals surface area contributed by atoms with E-state index in [1.165, 1.54) is 13.0 Å². The Morgan fingerprint density at radius 1 is 1.08 bits per heavy atom. The quantitative estimate of drug-likeness (QED) is 0.566. The van der Waals surface area contributed by atoms with Crippen LogP contribution in [0.5, 0.6) is 0 Å². The maximum atomic E-state index is 12.4. The summed E-state index contributed by atoms with van der Waals surface area (Å²) in [5, 5.41) is 2.66.